The van der Waals surface area contributed by atoms with E-state index in [1.54, 1.807) is 19.1 Å². The average molecular weight is 339 g/mol. The molecule has 106 valence electrons. The van der Waals surface area contributed by atoms with Crippen LogP contribution in [0.4, 0.5) is 4.39 Å². The van der Waals surface area contributed by atoms with Gasteiger partial charge < -0.3 is 9.84 Å². The lowest BCUT2D eigenvalue weighted by Gasteiger charge is -2.15. The zero-order chi connectivity index (χ0) is 14.9. The van der Waals surface area contributed by atoms with E-state index in [-0.39, 0.29) is 5.75 Å². The van der Waals surface area contributed by atoms with Gasteiger partial charge in [0.2, 0.25) is 0 Å². The molecule has 1 atom stereocenters. The van der Waals surface area contributed by atoms with E-state index in [4.69, 9.17) is 4.74 Å². The number of rotatable bonds is 3. The second-order valence-corrected chi connectivity index (χ2v) is 5.60. The molecule has 0 aliphatic rings. The van der Waals surface area contributed by atoms with E-state index in [0.717, 1.165) is 15.6 Å². The minimum atomic E-state index is -0.793. The number of aliphatic hydroxyl groups excluding tert-OH is 1. The third-order valence-electron chi connectivity index (χ3n) is 3.08. The van der Waals surface area contributed by atoms with Gasteiger partial charge in [0.15, 0.2) is 11.6 Å². The summed E-state index contributed by atoms with van der Waals surface area (Å²) in [7, 11) is 0. The number of benzene rings is 2. The van der Waals surface area contributed by atoms with Crippen LogP contribution in [-0.2, 0) is 0 Å². The van der Waals surface area contributed by atoms with Crippen molar-refractivity contribution in [2.75, 3.05) is 0 Å². The predicted molar refractivity (Wildman–Crippen MR) is 80.7 cm³/mol. The van der Waals surface area contributed by atoms with Gasteiger partial charge >= 0.3 is 0 Å². The molecule has 4 heteroatoms. The molecular weight excluding hydrogens is 323 g/mol. The maximum Gasteiger partial charge on any atom is 0.168 e. The smallest absolute Gasteiger partial charge is 0.168 e. The molecule has 0 aliphatic heterocycles. The molecular formula is C16H16BrFO2. The van der Waals surface area contributed by atoms with Crippen LogP contribution in [0, 0.1) is 19.7 Å². The van der Waals surface area contributed by atoms with Gasteiger partial charge in [-0.3, -0.25) is 0 Å². The molecule has 2 aromatic carbocycles. The first-order chi connectivity index (χ1) is 9.40. The lowest BCUT2D eigenvalue weighted by Crippen LogP contribution is -1.99. The molecule has 1 unspecified atom stereocenters. The van der Waals surface area contributed by atoms with Crippen molar-refractivity contribution < 1.29 is 14.2 Å². The van der Waals surface area contributed by atoms with Gasteiger partial charge in [-0.25, -0.2) is 4.39 Å². The number of aliphatic hydroxyl groups is 1. The highest BCUT2D eigenvalue weighted by Crippen LogP contribution is 2.34. The van der Waals surface area contributed by atoms with Gasteiger partial charge in [0.1, 0.15) is 5.75 Å². The zero-order valence-corrected chi connectivity index (χ0v) is 13.2. The molecule has 2 aromatic rings. The highest BCUT2D eigenvalue weighted by Gasteiger charge is 2.15. The molecule has 0 aromatic heterocycles. The second kappa shape index (κ2) is 5.94. The molecule has 20 heavy (non-hydrogen) atoms. The third-order valence-corrected chi connectivity index (χ3v) is 4.33. The van der Waals surface area contributed by atoms with E-state index in [1.807, 2.05) is 26.0 Å². The Hall–Kier alpha value is -1.39. The molecule has 0 saturated carbocycles. The largest absolute Gasteiger partial charge is 0.454 e. The fourth-order valence-corrected chi connectivity index (χ4v) is 2.27. The van der Waals surface area contributed by atoms with E-state index >= 15 is 0 Å². The number of halogens is 2. The Bertz CT molecular complexity index is 615. The van der Waals surface area contributed by atoms with Crippen LogP contribution in [0.5, 0.6) is 11.5 Å². The molecule has 2 nitrogen and oxygen atoms in total. The quantitative estimate of drug-likeness (QED) is 0.848. The Morgan fingerprint density at radius 2 is 1.80 bits per heavy atom. The highest BCUT2D eigenvalue weighted by atomic mass is 79.9. The molecule has 0 saturated heterocycles. The van der Waals surface area contributed by atoms with E-state index in [0.29, 0.717) is 11.3 Å². The SMILES string of the molecule is Cc1cc(Oc2c(F)cccc2C(C)O)cc(C)c1Br. The fraction of sp³-hybridized carbons (Fsp3) is 0.250. The van der Waals surface area contributed by atoms with Crippen molar-refractivity contribution in [3.63, 3.8) is 0 Å². The Kier molecular flexibility index (Phi) is 4.45. The first kappa shape index (κ1) is 15.0. The van der Waals surface area contributed by atoms with Crippen molar-refractivity contribution in [1.82, 2.24) is 0 Å². The summed E-state index contributed by atoms with van der Waals surface area (Å²) >= 11 is 3.48. The van der Waals surface area contributed by atoms with E-state index in [1.165, 1.54) is 6.07 Å². The summed E-state index contributed by atoms with van der Waals surface area (Å²) in [6.07, 6.45) is -0.793. The Labute approximate surface area is 126 Å². The summed E-state index contributed by atoms with van der Waals surface area (Å²) in [4.78, 5) is 0. The van der Waals surface area contributed by atoms with Crippen LogP contribution in [0.2, 0.25) is 0 Å². The molecule has 0 radical (unpaired) electrons. The van der Waals surface area contributed by atoms with Crippen molar-refractivity contribution in [2.45, 2.75) is 26.9 Å². The summed E-state index contributed by atoms with van der Waals surface area (Å²) in [5, 5.41) is 9.71. The monoisotopic (exact) mass is 338 g/mol. The number of hydrogen-bond donors (Lipinski definition) is 1. The molecule has 1 N–H and O–H groups in total. The minimum Gasteiger partial charge on any atom is -0.454 e. The molecule has 0 aliphatic carbocycles. The summed E-state index contributed by atoms with van der Waals surface area (Å²) in [5.74, 6) is 0.139. The van der Waals surface area contributed by atoms with Crippen LogP contribution in [0.15, 0.2) is 34.8 Å². The number of para-hydroxylation sites is 1. The topological polar surface area (TPSA) is 29.5 Å². The van der Waals surface area contributed by atoms with Crippen LogP contribution >= 0.6 is 15.9 Å². The van der Waals surface area contributed by atoms with Gasteiger partial charge in [-0.2, -0.15) is 0 Å². The van der Waals surface area contributed by atoms with Gasteiger partial charge in [-0.15, -0.1) is 0 Å². The molecule has 2 rings (SSSR count). The molecule has 0 fully saturated rings. The van der Waals surface area contributed by atoms with Crippen LogP contribution in [0.25, 0.3) is 0 Å². The molecule has 0 spiro atoms. The van der Waals surface area contributed by atoms with E-state index in [2.05, 4.69) is 15.9 Å². The van der Waals surface area contributed by atoms with Crippen molar-refractivity contribution in [3.8, 4) is 11.5 Å². The minimum absolute atomic E-state index is 0.0728. The van der Waals surface area contributed by atoms with Crippen LogP contribution in [0.1, 0.15) is 29.7 Å². The van der Waals surface area contributed by atoms with Crippen molar-refractivity contribution in [3.05, 3.63) is 57.3 Å². The first-order valence-electron chi connectivity index (χ1n) is 6.31. The molecule has 0 heterocycles. The van der Waals surface area contributed by atoms with Crippen molar-refractivity contribution in [2.24, 2.45) is 0 Å². The summed E-state index contributed by atoms with van der Waals surface area (Å²) < 4.78 is 20.6. The Balaban J connectivity index is 2.45. The highest BCUT2D eigenvalue weighted by molar-refractivity contribution is 9.10. The average Bonchev–Trinajstić information content (AvgIpc) is 2.38. The maximum atomic E-state index is 13.9. The van der Waals surface area contributed by atoms with Crippen LogP contribution in [0.3, 0.4) is 0 Å². The zero-order valence-electron chi connectivity index (χ0n) is 11.6. The van der Waals surface area contributed by atoms with Gasteiger partial charge in [-0.05, 0) is 50.1 Å². The number of hydrogen-bond acceptors (Lipinski definition) is 2. The van der Waals surface area contributed by atoms with Crippen LogP contribution in [-0.4, -0.2) is 5.11 Å². The molecule has 0 bridgehead atoms. The Morgan fingerprint density at radius 3 is 2.35 bits per heavy atom. The maximum absolute atomic E-state index is 13.9. The van der Waals surface area contributed by atoms with Crippen molar-refractivity contribution in [1.29, 1.82) is 0 Å². The van der Waals surface area contributed by atoms with E-state index < -0.39 is 11.9 Å². The summed E-state index contributed by atoms with van der Waals surface area (Å²) in [5.41, 5.74) is 2.45. The standard InChI is InChI=1S/C16H16BrFO2/c1-9-7-12(8-10(2)15(9)17)20-16-13(11(3)19)5-4-6-14(16)18/h4-8,11,19H,1-3H3. The fourth-order valence-electron chi connectivity index (χ4n) is 2.05. The third kappa shape index (κ3) is 3.02. The second-order valence-electron chi connectivity index (χ2n) is 4.81. The van der Waals surface area contributed by atoms with Crippen molar-refractivity contribution >= 4 is 15.9 Å². The normalized spacial score (nSPS) is 12.3. The summed E-state index contributed by atoms with van der Waals surface area (Å²) in [6, 6.07) is 8.19. The lowest BCUT2D eigenvalue weighted by molar-refractivity contribution is 0.194. The van der Waals surface area contributed by atoms with E-state index in [9.17, 15) is 9.50 Å². The van der Waals surface area contributed by atoms with Gasteiger partial charge in [0, 0.05) is 10.0 Å². The number of aryl methyl sites for hydroxylation is 2. The summed E-state index contributed by atoms with van der Waals surface area (Å²) in [6.45, 7) is 5.47. The van der Waals surface area contributed by atoms with Crippen LogP contribution < -0.4 is 4.74 Å². The number of ether oxygens (including phenoxy) is 1. The Morgan fingerprint density at radius 1 is 1.20 bits per heavy atom. The first-order valence-corrected chi connectivity index (χ1v) is 7.10. The van der Waals surface area contributed by atoms with Gasteiger partial charge in [-0.1, -0.05) is 28.1 Å². The van der Waals surface area contributed by atoms with Gasteiger partial charge in [0.05, 0.1) is 6.10 Å². The molecule has 0 amide bonds. The lowest BCUT2D eigenvalue weighted by atomic mass is 10.1. The predicted octanol–water partition coefficient (Wildman–Crippen LogP) is 5.05. The van der Waals surface area contributed by atoms with Gasteiger partial charge in [0.25, 0.3) is 0 Å².